The van der Waals surface area contributed by atoms with Gasteiger partial charge in [0.2, 0.25) is 11.2 Å². The maximum absolute atomic E-state index is 12.8. The Morgan fingerprint density at radius 3 is 2.33 bits per heavy atom. The molecule has 0 saturated heterocycles. The number of halogens is 2. The summed E-state index contributed by atoms with van der Waals surface area (Å²) in [7, 11) is 0. The topological polar surface area (TPSA) is 87.7 Å². The summed E-state index contributed by atoms with van der Waals surface area (Å²) in [5.74, 6) is -1.43. The van der Waals surface area contributed by atoms with Crippen molar-refractivity contribution in [3.63, 3.8) is 0 Å². The molecule has 4 rings (SSSR count). The van der Waals surface area contributed by atoms with E-state index < -0.39 is 11.5 Å². The first-order chi connectivity index (χ1) is 12.9. The quantitative estimate of drug-likeness (QED) is 0.369. The number of phenolic OH excluding ortho intramolecular Hbond substituents is 2. The molecule has 0 unspecified atom stereocenters. The van der Waals surface area contributed by atoms with Crippen LogP contribution in [0.15, 0.2) is 57.7 Å². The van der Waals surface area contributed by atoms with Gasteiger partial charge < -0.3 is 14.6 Å². The van der Waals surface area contributed by atoms with Crippen LogP contribution in [0.1, 0.15) is 15.9 Å². The van der Waals surface area contributed by atoms with Gasteiger partial charge in [-0.05, 0) is 48.5 Å². The Morgan fingerprint density at radius 2 is 1.56 bits per heavy atom. The molecule has 7 heteroatoms. The van der Waals surface area contributed by atoms with E-state index in [1.165, 1.54) is 42.5 Å². The van der Waals surface area contributed by atoms with E-state index in [0.717, 1.165) is 0 Å². The Hall–Kier alpha value is -3.02. The Balaban J connectivity index is 1.98. The van der Waals surface area contributed by atoms with Crippen LogP contribution in [-0.4, -0.2) is 16.0 Å². The van der Waals surface area contributed by atoms with Gasteiger partial charge in [-0.25, -0.2) is 0 Å². The molecule has 0 saturated carbocycles. The number of hydrogen-bond donors (Lipinski definition) is 2. The smallest absolute Gasteiger partial charge is 0.200 e. The van der Waals surface area contributed by atoms with Crippen LogP contribution in [0.2, 0.25) is 10.0 Å². The monoisotopic (exact) mass is 400 g/mol. The standard InChI is InChI=1S/C20H10Cl2O5/c21-9-1-5-15(23)13(7-9)17(24)11-3-4-12-18(25)14-8-10(22)2-6-16(14)27-20(12)19(11)26/h1-8,23,26H. The van der Waals surface area contributed by atoms with E-state index >= 15 is 0 Å². The molecule has 0 amide bonds. The van der Waals surface area contributed by atoms with Crippen molar-refractivity contribution < 1.29 is 19.4 Å². The molecule has 0 bridgehead atoms. The van der Waals surface area contributed by atoms with E-state index in [9.17, 15) is 19.8 Å². The zero-order valence-electron chi connectivity index (χ0n) is 13.5. The maximum atomic E-state index is 12.8. The fourth-order valence-corrected chi connectivity index (χ4v) is 3.24. The minimum atomic E-state index is -0.659. The second-order valence-electron chi connectivity index (χ2n) is 5.90. The van der Waals surface area contributed by atoms with Gasteiger partial charge in [0.05, 0.1) is 21.9 Å². The third-order valence-electron chi connectivity index (χ3n) is 4.22. The largest absolute Gasteiger partial charge is 0.507 e. The zero-order valence-corrected chi connectivity index (χ0v) is 15.0. The molecular formula is C20H10Cl2O5. The summed E-state index contributed by atoms with van der Waals surface area (Å²) >= 11 is 11.8. The lowest BCUT2D eigenvalue weighted by atomic mass is 9.99. The Bertz CT molecular complexity index is 1310. The Morgan fingerprint density at radius 1 is 0.852 bits per heavy atom. The summed E-state index contributed by atoms with van der Waals surface area (Å²) in [4.78, 5) is 25.4. The molecule has 0 atom stereocenters. The van der Waals surface area contributed by atoms with Crippen molar-refractivity contribution in [3.8, 4) is 11.5 Å². The molecule has 134 valence electrons. The van der Waals surface area contributed by atoms with E-state index in [2.05, 4.69) is 0 Å². The number of rotatable bonds is 2. The molecule has 0 spiro atoms. The molecule has 2 N–H and O–H groups in total. The van der Waals surface area contributed by atoms with Crippen LogP contribution in [0.3, 0.4) is 0 Å². The van der Waals surface area contributed by atoms with Crippen molar-refractivity contribution in [1.82, 2.24) is 0 Å². The molecule has 0 aliphatic heterocycles. The van der Waals surface area contributed by atoms with Crippen molar-refractivity contribution in [3.05, 3.63) is 79.9 Å². The van der Waals surface area contributed by atoms with Gasteiger partial charge in [0.15, 0.2) is 11.3 Å². The molecule has 0 aliphatic carbocycles. The van der Waals surface area contributed by atoms with Crippen molar-refractivity contribution in [1.29, 1.82) is 0 Å². The van der Waals surface area contributed by atoms with Crippen LogP contribution in [-0.2, 0) is 0 Å². The molecule has 27 heavy (non-hydrogen) atoms. The molecule has 1 heterocycles. The third-order valence-corrected chi connectivity index (χ3v) is 4.69. The average Bonchev–Trinajstić information content (AvgIpc) is 2.65. The van der Waals surface area contributed by atoms with E-state index in [1.54, 1.807) is 6.07 Å². The van der Waals surface area contributed by atoms with Gasteiger partial charge in [-0.2, -0.15) is 0 Å². The summed E-state index contributed by atoms with van der Waals surface area (Å²) < 4.78 is 5.64. The average molecular weight is 401 g/mol. The summed E-state index contributed by atoms with van der Waals surface area (Å²) in [6.07, 6.45) is 0. The highest BCUT2D eigenvalue weighted by Crippen LogP contribution is 2.33. The van der Waals surface area contributed by atoms with Gasteiger partial charge in [-0.1, -0.05) is 23.2 Å². The SMILES string of the molecule is O=C(c1cc(Cl)ccc1O)c1ccc2c(=O)c3cc(Cl)ccc3oc2c1O. The van der Waals surface area contributed by atoms with Crippen LogP contribution in [0.5, 0.6) is 11.5 Å². The molecule has 0 fully saturated rings. The Labute approximate surface area is 162 Å². The first-order valence-electron chi connectivity index (χ1n) is 7.78. The lowest BCUT2D eigenvalue weighted by Gasteiger charge is -2.09. The van der Waals surface area contributed by atoms with Gasteiger partial charge in [-0.15, -0.1) is 0 Å². The molecular weight excluding hydrogens is 391 g/mol. The number of fused-ring (bicyclic) bond motifs is 2. The second-order valence-corrected chi connectivity index (χ2v) is 6.77. The molecule has 1 aromatic heterocycles. The maximum Gasteiger partial charge on any atom is 0.200 e. The van der Waals surface area contributed by atoms with Gasteiger partial charge in [0.25, 0.3) is 0 Å². The molecule has 0 radical (unpaired) electrons. The summed E-state index contributed by atoms with van der Waals surface area (Å²) in [6.45, 7) is 0. The van der Waals surface area contributed by atoms with Crippen molar-refractivity contribution in [2.24, 2.45) is 0 Å². The zero-order chi connectivity index (χ0) is 19.3. The van der Waals surface area contributed by atoms with Crippen LogP contribution in [0.4, 0.5) is 0 Å². The number of aromatic hydroxyl groups is 2. The van der Waals surface area contributed by atoms with Crippen LogP contribution < -0.4 is 5.43 Å². The number of carbonyl (C=O) groups excluding carboxylic acids is 1. The van der Waals surface area contributed by atoms with Crippen LogP contribution >= 0.6 is 23.2 Å². The first-order valence-corrected chi connectivity index (χ1v) is 8.53. The van der Waals surface area contributed by atoms with E-state index in [4.69, 9.17) is 27.6 Å². The predicted molar refractivity (Wildman–Crippen MR) is 103 cm³/mol. The minimum Gasteiger partial charge on any atom is -0.507 e. The van der Waals surface area contributed by atoms with Crippen LogP contribution in [0, 0.1) is 0 Å². The minimum absolute atomic E-state index is 0.0768. The van der Waals surface area contributed by atoms with Crippen molar-refractivity contribution in [2.45, 2.75) is 0 Å². The second kappa shape index (κ2) is 6.30. The highest BCUT2D eigenvalue weighted by atomic mass is 35.5. The third kappa shape index (κ3) is 2.81. The predicted octanol–water partition coefficient (Wildman–Crippen LogP) is 4.90. The van der Waals surface area contributed by atoms with Crippen molar-refractivity contribution in [2.75, 3.05) is 0 Å². The van der Waals surface area contributed by atoms with Gasteiger partial charge in [0, 0.05) is 10.0 Å². The summed E-state index contributed by atoms with van der Waals surface area (Å²) in [6, 6.07) is 11.2. The van der Waals surface area contributed by atoms with E-state index in [-0.39, 0.29) is 49.3 Å². The number of phenols is 2. The number of ketones is 1. The highest BCUT2D eigenvalue weighted by Gasteiger charge is 2.22. The van der Waals surface area contributed by atoms with Gasteiger partial charge >= 0.3 is 0 Å². The number of hydrogen-bond acceptors (Lipinski definition) is 5. The van der Waals surface area contributed by atoms with Gasteiger partial charge in [0.1, 0.15) is 11.3 Å². The highest BCUT2D eigenvalue weighted by molar-refractivity contribution is 6.31. The Kier molecular flexibility index (Phi) is 4.06. The molecule has 0 aliphatic rings. The van der Waals surface area contributed by atoms with Gasteiger partial charge in [-0.3, -0.25) is 9.59 Å². The van der Waals surface area contributed by atoms with Crippen LogP contribution in [0.25, 0.3) is 21.9 Å². The lowest BCUT2D eigenvalue weighted by molar-refractivity contribution is 0.103. The summed E-state index contributed by atoms with van der Waals surface area (Å²) in [5, 5.41) is 21.5. The lowest BCUT2D eigenvalue weighted by Crippen LogP contribution is -2.06. The van der Waals surface area contributed by atoms with E-state index in [0.29, 0.717) is 5.02 Å². The fraction of sp³-hybridized carbons (Fsp3) is 0. The molecule has 3 aromatic carbocycles. The van der Waals surface area contributed by atoms with E-state index in [1.807, 2.05) is 0 Å². The first kappa shape index (κ1) is 17.4. The number of benzene rings is 3. The normalized spacial score (nSPS) is 11.2. The van der Waals surface area contributed by atoms with Crippen molar-refractivity contribution >= 4 is 50.9 Å². The molecule has 4 aromatic rings. The molecule has 5 nitrogen and oxygen atoms in total. The summed E-state index contributed by atoms with van der Waals surface area (Å²) in [5.41, 5.74) is -0.484. The fourth-order valence-electron chi connectivity index (χ4n) is 2.90. The number of carbonyl (C=O) groups is 1.